The molecule has 31 heavy (non-hydrogen) atoms. The van der Waals surface area contributed by atoms with Gasteiger partial charge in [-0.05, 0) is 57.1 Å². The van der Waals surface area contributed by atoms with Gasteiger partial charge in [0.2, 0.25) is 5.91 Å². The van der Waals surface area contributed by atoms with Gasteiger partial charge < -0.3 is 10.1 Å². The summed E-state index contributed by atoms with van der Waals surface area (Å²) in [6.07, 6.45) is 4.35. The molecule has 4 rings (SSSR count). The summed E-state index contributed by atoms with van der Waals surface area (Å²) in [6.45, 7) is 7.77. The Kier molecular flexibility index (Phi) is 5.98. The first-order valence-electron chi connectivity index (χ1n) is 10.4. The Morgan fingerprint density at radius 2 is 2.10 bits per heavy atom. The minimum absolute atomic E-state index is 0.166. The van der Waals surface area contributed by atoms with E-state index in [4.69, 9.17) is 4.74 Å². The number of ether oxygens (including phenoxy) is 1. The zero-order valence-electron chi connectivity index (χ0n) is 18.0. The molecule has 1 aliphatic rings. The van der Waals surface area contributed by atoms with Gasteiger partial charge in [0.05, 0.1) is 23.9 Å². The van der Waals surface area contributed by atoms with Gasteiger partial charge in [-0.25, -0.2) is 9.78 Å². The Labute approximate surface area is 188 Å². The van der Waals surface area contributed by atoms with Crippen LogP contribution in [-0.2, 0) is 28.9 Å². The van der Waals surface area contributed by atoms with Crippen molar-refractivity contribution < 1.29 is 14.3 Å². The van der Waals surface area contributed by atoms with Crippen LogP contribution in [0.25, 0.3) is 10.2 Å². The van der Waals surface area contributed by atoms with Gasteiger partial charge in [-0.2, -0.15) is 0 Å². The molecule has 3 aromatic rings. The number of aryl methyl sites for hydroxylation is 2. The molecule has 0 bridgehead atoms. The molecule has 1 N–H and O–H groups in total. The Morgan fingerprint density at radius 3 is 2.84 bits per heavy atom. The molecule has 3 heterocycles. The number of carbonyl (C=O) groups is 2. The molecule has 0 saturated carbocycles. The number of hydrogen-bond acceptors (Lipinski definition) is 7. The summed E-state index contributed by atoms with van der Waals surface area (Å²) >= 11 is 2.91. The van der Waals surface area contributed by atoms with E-state index >= 15 is 0 Å². The number of fused-ring (bicyclic) bond motifs is 3. The molecule has 3 aromatic heterocycles. The van der Waals surface area contributed by atoms with E-state index in [9.17, 15) is 14.4 Å². The van der Waals surface area contributed by atoms with Crippen LogP contribution < -0.4 is 10.9 Å². The van der Waals surface area contributed by atoms with Crippen molar-refractivity contribution in [3.63, 3.8) is 0 Å². The van der Waals surface area contributed by atoms with Gasteiger partial charge in [0.15, 0.2) is 0 Å². The minimum atomic E-state index is -0.459. The lowest BCUT2D eigenvalue weighted by atomic mass is 9.89. The summed E-state index contributed by atoms with van der Waals surface area (Å²) in [4.78, 5) is 45.6. The second kappa shape index (κ2) is 8.55. The van der Waals surface area contributed by atoms with E-state index in [-0.39, 0.29) is 24.6 Å². The summed E-state index contributed by atoms with van der Waals surface area (Å²) < 4.78 is 6.48. The number of thiophene rings is 2. The summed E-state index contributed by atoms with van der Waals surface area (Å²) in [5.74, 6) is -0.230. The highest BCUT2D eigenvalue weighted by Gasteiger charge is 2.25. The molecule has 0 aliphatic heterocycles. The summed E-state index contributed by atoms with van der Waals surface area (Å²) in [5, 5.41) is 3.89. The number of amides is 1. The van der Waals surface area contributed by atoms with Crippen LogP contribution in [0.2, 0.25) is 0 Å². The number of carbonyl (C=O) groups excluding carboxylic acids is 2. The summed E-state index contributed by atoms with van der Waals surface area (Å²) in [5.41, 5.74) is 2.08. The van der Waals surface area contributed by atoms with E-state index in [1.54, 1.807) is 18.3 Å². The van der Waals surface area contributed by atoms with Gasteiger partial charge in [0.25, 0.3) is 5.56 Å². The average Bonchev–Trinajstić information content (AvgIpc) is 3.21. The van der Waals surface area contributed by atoms with Crippen molar-refractivity contribution in [1.29, 1.82) is 0 Å². The Morgan fingerprint density at radius 1 is 1.32 bits per heavy atom. The normalized spacial score (nSPS) is 15.7. The molecule has 9 heteroatoms. The number of aromatic nitrogens is 2. The predicted molar refractivity (Wildman–Crippen MR) is 123 cm³/mol. The van der Waals surface area contributed by atoms with Crippen LogP contribution in [0.15, 0.2) is 11.1 Å². The van der Waals surface area contributed by atoms with E-state index in [1.165, 1.54) is 27.1 Å². The average molecular weight is 460 g/mol. The molecule has 7 nitrogen and oxygen atoms in total. The Bertz CT molecular complexity index is 1240. The van der Waals surface area contributed by atoms with Crippen LogP contribution in [0, 0.1) is 19.8 Å². The Balaban J connectivity index is 1.60. The highest BCUT2D eigenvalue weighted by Crippen LogP contribution is 2.36. The SMILES string of the molecule is CCOC(=O)c1c(NC(=O)Cn2cnc3sc4c(c3c2=O)CCC(C)C4)sc(C)c1C. The van der Waals surface area contributed by atoms with Crippen molar-refractivity contribution in [1.82, 2.24) is 9.55 Å². The highest BCUT2D eigenvalue weighted by atomic mass is 32.1. The fourth-order valence-electron chi connectivity index (χ4n) is 3.96. The maximum atomic E-state index is 13.1. The standard InChI is InChI=1S/C22H25N3O4S2/c1-5-29-22(28)17-12(3)13(4)30-20(17)24-16(26)9-25-10-23-19-18(21(25)27)14-7-6-11(2)8-15(14)31-19/h10-11H,5-9H2,1-4H3,(H,24,26). The van der Waals surface area contributed by atoms with Gasteiger partial charge in [-0.3, -0.25) is 14.2 Å². The lowest BCUT2D eigenvalue weighted by Crippen LogP contribution is -2.28. The third-order valence-corrected chi connectivity index (χ3v) is 8.00. The monoisotopic (exact) mass is 459 g/mol. The van der Waals surface area contributed by atoms with Crippen LogP contribution in [0.4, 0.5) is 5.00 Å². The van der Waals surface area contributed by atoms with Crippen molar-refractivity contribution in [2.45, 2.75) is 53.5 Å². The van der Waals surface area contributed by atoms with Crippen LogP contribution in [0.1, 0.15) is 51.5 Å². The molecule has 164 valence electrons. The first-order chi connectivity index (χ1) is 14.8. The van der Waals surface area contributed by atoms with E-state index in [2.05, 4.69) is 17.2 Å². The fourth-order valence-corrected chi connectivity index (χ4v) is 6.37. The van der Waals surface area contributed by atoms with Crippen molar-refractivity contribution in [3.8, 4) is 0 Å². The molecule has 1 amide bonds. The lowest BCUT2D eigenvalue weighted by molar-refractivity contribution is -0.116. The number of anilines is 1. The molecular formula is C22H25N3O4S2. The number of hydrogen-bond donors (Lipinski definition) is 1. The second-order valence-corrected chi connectivity index (χ2v) is 10.3. The third kappa shape index (κ3) is 4.04. The van der Waals surface area contributed by atoms with Crippen LogP contribution >= 0.6 is 22.7 Å². The van der Waals surface area contributed by atoms with Crippen molar-refractivity contribution >= 4 is 49.8 Å². The zero-order valence-corrected chi connectivity index (χ0v) is 19.7. The summed E-state index contributed by atoms with van der Waals surface area (Å²) in [7, 11) is 0. The maximum absolute atomic E-state index is 13.1. The van der Waals surface area contributed by atoms with E-state index < -0.39 is 5.97 Å². The van der Waals surface area contributed by atoms with E-state index in [0.29, 0.717) is 21.9 Å². The number of nitrogens with zero attached hydrogens (tertiary/aromatic N) is 2. The predicted octanol–water partition coefficient (Wildman–Crippen LogP) is 4.08. The third-order valence-electron chi connectivity index (χ3n) is 5.71. The lowest BCUT2D eigenvalue weighted by Gasteiger charge is -2.17. The van der Waals surface area contributed by atoms with Crippen molar-refractivity contribution in [3.05, 3.63) is 43.1 Å². The number of esters is 1. The first kappa shape index (κ1) is 21.7. The van der Waals surface area contributed by atoms with Gasteiger partial charge in [-0.15, -0.1) is 22.7 Å². The molecule has 0 saturated heterocycles. The quantitative estimate of drug-likeness (QED) is 0.581. The zero-order chi connectivity index (χ0) is 22.3. The van der Waals surface area contributed by atoms with E-state index in [0.717, 1.165) is 40.1 Å². The molecular weight excluding hydrogens is 434 g/mol. The van der Waals surface area contributed by atoms with Gasteiger partial charge >= 0.3 is 5.97 Å². The van der Waals surface area contributed by atoms with Crippen LogP contribution in [0.5, 0.6) is 0 Å². The summed E-state index contributed by atoms with van der Waals surface area (Å²) in [6, 6.07) is 0. The molecule has 1 aliphatic carbocycles. The van der Waals surface area contributed by atoms with Crippen LogP contribution in [0.3, 0.4) is 0 Å². The van der Waals surface area contributed by atoms with Gasteiger partial charge in [0, 0.05) is 9.75 Å². The largest absolute Gasteiger partial charge is 0.462 e. The van der Waals surface area contributed by atoms with Crippen LogP contribution in [-0.4, -0.2) is 28.0 Å². The minimum Gasteiger partial charge on any atom is -0.462 e. The number of nitrogens with one attached hydrogen (secondary N) is 1. The molecule has 0 fully saturated rings. The fraction of sp³-hybridized carbons (Fsp3) is 0.455. The van der Waals surface area contributed by atoms with E-state index in [1.807, 2.05) is 13.8 Å². The molecule has 0 aromatic carbocycles. The Hall–Kier alpha value is -2.52. The van der Waals surface area contributed by atoms with Gasteiger partial charge in [0.1, 0.15) is 16.4 Å². The highest BCUT2D eigenvalue weighted by molar-refractivity contribution is 7.18. The van der Waals surface area contributed by atoms with Crippen molar-refractivity contribution in [2.75, 3.05) is 11.9 Å². The molecule has 0 spiro atoms. The van der Waals surface area contributed by atoms with Crippen molar-refractivity contribution in [2.24, 2.45) is 5.92 Å². The topological polar surface area (TPSA) is 90.3 Å². The smallest absolute Gasteiger partial charge is 0.341 e. The molecule has 1 unspecified atom stereocenters. The molecule has 1 atom stereocenters. The maximum Gasteiger partial charge on any atom is 0.341 e. The number of rotatable bonds is 5. The van der Waals surface area contributed by atoms with Gasteiger partial charge in [-0.1, -0.05) is 6.92 Å². The first-order valence-corrected chi connectivity index (χ1v) is 12.0. The molecule has 0 radical (unpaired) electrons. The second-order valence-electron chi connectivity index (χ2n) is 7.97.